The van der Waals surface area contributed by atoms with Crippen LogP contribution in [0.3, 0.4) is 0 Å². The Balaban J connectivity index is 1.57. The number of hydrogen-bond donors (Lipinski definition) is 2. The van der Waals surface area contributed by atoms with E-state index in [0.29, 0.717) is 24.3 Å². The second-order valence-corrected chi connectivity index (χ2v) is 7.82. The van der Waals surface area contributed by atoms with Gasteiger partial charge in [0.25, 0.3) is 0 Å². The molecule has 24 heavy (non-hydrogen) atoms. The number of aryl methyl sites for hydroxylation is 1. The molecule has 3 heterocycles. The van der Waals surface area contributed by atoms with Crippen molar-refractivity contribution in [1.82, 2.24) is 20.1 Å². The summed E-state index contributed by atoms with van der Waals surface area (Å²) in [6, 6.07) is 8.16. The van der Waals surface area contributed by atoms with Gasteiger partial charge in [0, 0.05) is 22.7 Å². The summed E-state index contributed by atoms with van der Waals surface area (Å²) >= 11 is 8.62. The molecule has 2 N–H and O–H groups in total. The highest BCUT2D eigenvalue weighted by atomic mass is 32.1. The molecule has 1 amide bonds. The topological polar surface area (TPSA) is 62.7 Å². The van der Waals surface area contributed by atoms with E-state index in [1.165, 1.54) is 9.75 Å². The molecule has 5 nitrogen and oxygen atoms in total. The molecule has 3 rings (SSSR count). The summed E-state index contributed by atoms with van der Waals surface area (Å²) in [5.41, 5.74) is 0. The zero-order valence-corrected chi connectivity index (χ0v) is 15.7. The highest BCUT2D eigenvalue weighted by Gasteiger charge is 2.11. The molecule has 0 saturated heterocycles. The molecule has 0 fully saturated rings. The van der Waals surface area contributed by atoms with Gasteiger partial charge in [-0.15, -0.1) is 22.7 Å². The number of amides is 1. The first-order valence-electron chi connectivity index (χ1n) is 7.70. The van der Waals surface area contributed by atoms with Gasteiger partial charge in [-0.25, -0.2) is 0 Å². The average Bonchev–Trinajstić information content (AvgIpc) is 3.31. The van der Waals surface area contributed by atoms with E-state index in [4.69, 9.17) is 12.2 Å². The summed E-state index contributed by atoms with van der Waals surface area (Å²) in [5, 5.41) is 12.0. The monoisotopic (exact) mass is 378 g/mol. The van der Waals surface area contributed by atoms with Crippen molar-refractivity contribution >= 4 is 40.8 Å². The van der Waals surface area contributed by atoms with Gasteiger partial charge in [0.2, 0.25) is 5.91 Å². The van der Waals surface area contributed by atoms with Crippen LogP contribution >= 0.6 is 34.9 Å². The Morgan fingerprint density at radius 3 is 2.92 bits per heavy atom. The minimum Gasteiger partial charge on any atom is -0.351 e. The van der Waals surface area contributed by atoms with Crippen molar-refractivity contribution in [3.63, 3.8) is 0 Å². The Labute approximate surface area is 153 Å². The van der Waals surface area contributed by atoms with Crippen LogP contribution in [0.2, 0.25) is 0 Å². The van der Waals surface area contributed by atoms with Gasteiger partial charge in [0.1, 0.15) is 0 Å². The Morgan fingerprint density at radius 2 is 2.21 bits per heavy atom. The van der Waals surface area contributed by atoms with E-state index in [2.05, 4.69) is 34.6 Å². The second-order valence-electron chi connectivity index (χ2n) is 5.23. The maximum Gasteiger partial charge on any atom is 0.222 e. The van der Waals surface area contributed by atoms with Gasteiger partial charge in [0.15, 0.2) is 10.6 Å². The molecular weight excluding hydrogens is 360 g/mol. The molecule has 126 valence electrons. The van der Waals surface area contributed by atoms with Crippen LogP contribution in [0.15, 0.2) is 29.6 Å². The molecule has 0 aliphatic rings. The SMILES string of the molecule is CCc1ccc(CNC(=O)CCn2c(-c3cccs3)n[nH]c2=S)s1. The lowest BCUT2D eigenvalue weighted by molar-refractivity contribution is -0.121. The van der Waals surface area contributed by atoms with Crippen LogP contribution in [-0.2, 0) is 24.3 Å². The molecule has 0 aromatic carbocycles. The van der Waals surface area contributed by atoms with Crippen LogP contribution < -0.4 is 5.32 Å². The summed E-state index contributed by atoms with van der Waals surface area (Å²) in [6.45, 7) is 3.23. The summed E-state index contributed by atoms with van der Waals surface area (Å²) in [6.07, 6.45) is 1.40. The molecule has 0 bridgehead atoms. The smallest absolute Gasteiger partial charge is 0.222 e. The third-order valence-electron chi connectivity index (χ3n) is 3.59. The number of hydrogen-bond acceptors (Lipinski definition) is 5. The fourth-order valence-electron chi connectivity index (χ4n) is 2.31. The number of H-pyrrole nitrogens is 1. The van der Waals surface area contributed by atoms with E-state index in [1.807, 2.05) is 22.1 Å². The van der Waals surface area contributed by atoms with Crippen LogP contribution in [0.5, 0.6) is 0 Å². The maximum absolute atomic E-state index is 12.1. The van der Waals surface area contributed by atoms with E-state index in [-0.39, 0.29) is 5.91 Å². The number of nitrogens with one attached hydrogen (secondary N) is 2. The number of nitrogens with zero attached hydrogens (tertiary/aromatic N) is 2. The van der Waals surface area contributed by atoms with E-state index in [0.717, 1.165) is 17.1 Å². The largest absolute Gasteiger partial charge is 0.351 e. The second kappa shape index (κ2) is 7.87. The van der Waals surface area contributed by atoms with Crippen molar-refractivity contribution in [2.24, 2.45) is 0 Å². The van der Waals surface area contributed by atoms with E-state index in [1.54, 1.807) is 22.7 Å². The molecule has 0 atom stereocenters. The highest BCUT2D eigenvalue weighted by Crippen LogP contribution is 2.23. The number of carbonyl (C=O) groups is 1. The first kappa shape index (κ1) is 17.1. The van der Waals surface area contributed by atoms with Crippen molar-refractivity contribution in [2.45, 2.75) is 32.9 Å². The summed E-state index contributed by atoms with van der Waals surface area (Å²) < 4.78 is 2.41. The van der Waals surface area contributed by atoms with E-state index in [9.17, 15) is 4.79 Å². The van der Waals surface area contributed by atoms with Gasteiger partial charge in [-0.3, -0.25) is 14.5 Å². The number of aromatic nitrogens is 3. The first-order valence-corrected chi connectivity index (χ1v) is 9.81. The summed E-state index contributed by atoms with van der Waals surface area (Å²) in [4.78, 5) is 15.7. The summed E-state index contributed by atoms with van der Waals surface area (Å²) in [5.74, 6) is 0.801. The van der Waals surface area contributed by atoms with Gasteiger partial charge < -0.3 is 5.32 Å². The highest BCUT2D eigenvalue weighted by molar-refractivity contribution is 7.71. The molecule has 3 aromatic rings. The zero-order chi connectivity index (χ0) is 16.9. The fraction of sp³-hybridized carbons (Fsp3) is 0.312. The first-order chi connectivity index (χ1) is 11.7. The van der Waals surface area contributed by atoms with E-state index < -0.39 is 0 Å². The van der Waals surface area contributed by atoms with E-state index >= 15 is 0 Å². The minimum atomic E-state index is 0.0154. The molecule has 0 radical (unpaired) electrons. The third-order valence-corrected chi connectivity index (χ3v) is 5.99. The number of carbonyl (C=O) groups excluding carboxylic acids is 1. The van der Waals surface area contributed by atoms with Crippen LogP contribution in [0.25, 0.3) is 10.7 Å². The van der Waals surface area contributed by atoms with Crippen molar-refractivity contribution < 1.29 is 4.79 Å². The van der Waals surface area contributed by atoms with Gasteiger partial charge in [-0.05, 0) is 42.2 Å². The number of aromatic amines is 1. The molecule has 0 aliphatic heterocycles. The number of rotatable bonds is 7. The van der Waals surface area contributed by atoms with Crippen molar-refractivity contribution in [3.05, 3.63) is 44.2 Å². The minimum absolute atomic E-state index is 0.0154. The van der Waals surface area contributed by atoms with Crippen LogP contribution in [0, 0.1) is 4.77 Å². The molecule has 0 saturated carbocycles. The quantitative estimate of drug-likeness (QED) is 0.611. The maximum atomic E-state index is 12.1. The van der Waals surface area contributed by atoms with Crippen molar-refractivity contribution in [2.75, 3.05) is 0 Å². The van der Waals surface area contributed by atoms with Crippen LogP contribution in [0.1, 0.15) is 23.1 Å². The molecule has 0 unspecified atom stereocenters. The predicted molar refractivity (Wildman–Crippen MR) is 101 cm³/mol. The Hall–Kier alpha value is -1.77. The normalized spacial score (nSPS) is 10.9. The molecule has 3 aromatic heterocycles. The Morgan fingerprint density at radius 1 is 1.38 bits per heavy atom. The van der Waals surface area contributed by atoms with Crippen molar-refractivity contribution in [1.29, 1.82) is 0 Å². The molecule has 0 spiro atoms. The van der Waals surface area contributed by atoms with Gasteiger partial charge >= 0.3 is 0 Å². The average molecular weight is 379 g/mol. The van der Waals surface area contributed by atoms with Crippen LogP contribution in [0.4, 0.5) is 0 Å². The van der Waals surface area contributed by atoms with Crippen molar-refractivity contribution in [3.8, 4) is 10.7 Å². The van der Waals surface area contributed by atoms with Gasteiger partial charge in [-0.2, -0.15) is 5.10 Å². The van der Waals surface area contributed by atoms with Gasteiger partial charge in [0.05, 0.1) is 11.4 Å². The van der Waals surface area contributed by atoms with Crippen LogP contribution in [-0.4, -0.2) is 20.7 Å². The molecular formula is C16H18N4OS3. The lowest BCUT2D eigenvalue weighted by atomic mass is 10.3. The zero-order valence-electron chi connectivity index (χ0n) is 13.2. The Kier molecular flexibility index (Phi) is 5.60. The fourth-order valence-corrected chi connectivity index (χ4v) is 4.16. The predicted octanol–water partition coefficient (Wildman–Crippen LogP) is 4.00. The lowest BCUT2D eigenvalue weighted by Gasteiger charge is -2.06. The van der Waals surface area contributed by atoms with Gasteiger partial charge in [-0.1, -0.05) is 13.0 Å². The molecule has 0 aliphatic carbocycles. The lowest BCUT2D eigenvalue weighted by Crippen LogP contribution is -2.23. The standard InChI is InChI=1S/C16H18N4OS3/c1-2-11-5-6-12(24-11)10-17-14(21)7-8-20-15(18-19-16(20)22)13-4-3-9-23-13/h3-6,9H,2,7-8,10H2,1H3,(H,17,21)(H,19,22). The summed E-state index contributed by atoms with van der Waals surface area (Å²) in [7, 11) is 0. The third kappa shape index (κ3) is 4.00. The Bertz CT molecular complexity index is 860. The molecule has 8 heteroatoms. The number of thiophene rings is 2.